The minimum Gasteiger partial charge on any atom is -0.497 e. The van der Waals surface area contributed by atoms with Crippen LogP contribution >= 0.6 is 0 Å². The molecule has 9 heteroatoms. The number of hydrogen-bond donors (Lipinski definition) is 2. The molecular weight excluding hydrogens is 420 g/mol. The van der Waals surface area contributed by atoms with Gasteiger partial charge in [0.1, 0.15) is 19.0 Å². The number of carbonyl (C=O) groups excluding carboxylic acids is 1. The van der Waals surface area contributed by atoms with Gasteiger partial charge >= 0.3 is 0 Å². The number of fused-ring (bicyclic) bond motifs is 1. The summed E-state index contributed by atoms with van der Waals surface area (Å²) in [4.78, 5) is 12.6. The average molecular weight is 449 g/mol. The summed E-state index contributed by atoms with van der Waals surface area (Å²) in [5.74, 6) is 1.52. The third-order valence-corrected chi connectivity index (χ3v) is 6.68. The topological polar surface area (TPSA) is 103 Å². The van der Waals surface area contributed by atoms with Gasteiger partial charge in [-0.2, -0.15) is 4.72 Å². The van der Waals surface area contributed by atoms with Gasteiger partial charge in [-0.1, -0.05) is 19.9 Å². The van der Waals surface area contributed by atoms with Crippen LogP contribution in [0.15, 0.2) is 47.4 Å². The lowest BCUT2D eigenvalue weighted by atomic mass is 9.84. The van der Waals surface area contributed by atoms with E-state index in [2.05, 4.69) is 10.0 Å². The van der Waals surface area contributed by atoms with E-state index in [-0.39, 0.29) is 4.90 Å². The van der Waals surface area contributed by atoms with E-state index >= 15 is 0 Å². The first-order valence-electron chi connectivity index (χ1n) is 9.96. The fourth-order valence-corrected chi connectivity index (χ4v) is 4.34. The molecule has 168 valence electrons. The monoisotopic (exact) mass is 448 g/mol. The van der Waals surface area contributed by atoms with Crippen molar-refractivity contribution in [1.82, 2.24) is 10.0 Å². The van der Waals surface area contributed by atoms with Gasteiger partial charge in [-0.3, -0.25) is 4.79 Å². The number of methoxy groups -OCH3 is 1. The summed E-state index contributed by atoms with van der Waals surface area (Å²) in [7, 11) is -2.34. The minimum absolute atomic E-state index is 0.0598. The number of carbonyl (C=O) groups is 1. The summed E-state index contributed by atoms with van der Waals surface area (Å²) in [6, 6.07) is 10.7. The van der Waals surface area contributed by atoms with E-state index in [0.717, 1.165) is 5.56 Å². The molecule has 1 heterocycles. The third-order valence-electron chi connectivity index (χ3n) is 5.12. The summed E-state index contributed by atoms with van der Waals surface area (Å²) in [5, 5.41) is 2.84. The van der Waals surface area contributed by atoms with Crippen molar-refractivity contribution in [3.05, 3.63) is 48.0 Å². The second-order valence-electron chi connectivity index (χ2n) is 7.98. The Labute approximate surface area is 182 Å². The summed E-state index contributed by atoms with van der Waals surface area (Å²) >= 11 is 0. The maximum atomic E-state index is 12.6. The molecule has 0 radical (unpaired) electrons. The predicted molar refractivity (Wildman–Crippen MR) is 116 cm³/mol. The maximum absolute atomic E-state index is 12.6. The Balaban J connectivity index is 1.61. The van der Waals surface area contributed by atoms with Crippen LogP contribution in [0.2, 0.25) is 0 Å². The highest BCUT2D eigenvalue weighted by Gasteiger charge is 2.27. The molecule has 1 amide bonds. The lowest BCUT2D eigenvalue weighted by Gasteiger charge is -2.28. The second-order valence-corrected chi connectivity index (χ2v) is 9.69. The van der Waals surface area contributed by atoms with Gasteiger partial charge in [0.25, 0.3) is 0 Å². The van der Waals surface area contributed by atoms with Crippen LogP contribution in [0.1, 0.15) is 26.3 Å². The Kier molecular flexibility index (Phi) is 6.76. The first-order chi connectivity index (χ1) is 14.6. The van der Waals surface area contributed by atoms with Crippen LogP contribution in [0.25, 0.3) is 0 Å². The number of benzene rings is 2. The molecule has 8 nitrogen and oxygen atoms in total. The quantitative estimate of drug-likeness (QED) is 0.642. The molecule has 31 heavy (non-hydrogen) atoms. The van der Waals surface area contributed by atoms with E-state index in [9.17, 15) is 13.2 Å². The van der Waals surface area contributed by atoms with Gasteiger partial charge in [0.05, 0.1) is 18.0 Å². The summed E-state index contributed by atoms with van der Waals surface area (Å²) < 4.78 is 43.7. The molecule has 1 atom stereocenters. The number of nitrogens with one attached hydrogen (secondary N) is 2. The molecule has 0 bridgehead atoms. The van der Waals surface area contributed by atoms with Crippen molar-refractivity contribution in [2.45, 2.75) is 37.1 Å². The van der Waals surface area contributed by atoms with E-state index in [1.807, 2.05) is 32.0 Å². The SMILES string of the molecule is COc1ccc(S(=O)(=O)N[C@@H](C)C(=O)NCC(C)(C)c2ccc3c(c2)OCCO3)cc1. The molecule has 2 aromatic rings. The Morgan fingerprint density at radius 3 is 2.39 bits per heavy atom. The standard InChI is InChI=1S/C22H28N2O6S/c1-15(24-31(26,27)18-8-6-17(28-4)7-9-18)21(25)23-14-22(2,3)16-5-10-19-20(13-16)30-12-11-29-19/h5-10,13,15,24H,11-12,14H2,1-4H3,(H,23,25)/t15-/m0/s1. The fourth-order valence-electron chi connectivity index (χ4n) is 3.14. The Morgan fingerprint density at radius 1 is 1.10 bits per heavy atom. The van der Waals surface area contributed by atoms with Crippen molar-refractivity contribution in [2.24, 2.45) is 0 Å². The first kappa shape index (κ1) is 22.9. The highest BCUT2D eigenvalue weighted by molar-refractivity contribution is 7.89. The smallest absolute Gasteiger partial charge is 0.241 e. The minimum atomic E-state index is -3.84. The zero-order chi connectivity index (χ0) is 22.6. The molecule has 0 unspecified atom stereocenters. The van der Waals surface area contributed by atoms with Gasteiger partial charge in [-0.05, 0) is 48.9 Å². The van der Waals surface area contributed by atoms with Crippen molar-refractivity contribution in [3.63, 3.8) is 0 Å². The molecule has 1 aliphatic heterocycles. The van der Waals surface area contributed by atoms with Crippen LogP contribution in [-0.2, 0) is 20.2 Å². The average Bonchev–Trinajstić information content (AvgIpc) is 2.76. The van der Waals surface area contributed by atoms with E-state index < -0.39 is 27.4 Å². The van der Waals surface area contributed by atoms with Crippen LogP contribution in [0.3, 0.4) is 0 Å². The molecule has 3 rings (SSSR count). The zero-order valence-corrected chi connectivity index (χ0v) is 18.9. The molecule has 0 aliphatic carbocycles. The maximum Gasteiger partial charge on any atom is 0.241 e. The lowest BCUT2D eigenvalue weighted by molar-refractivity contribution is -0.122. The van der Waals surface area contributed by atoms with E-state index in [1.165, 1.54) is 26.2 Å². The lowest BCUT2D eigenvalue weighted by Crippen LogP contribution is -2.47. The Hall–Kier alpha value is -2.78. The van der Waals surface area contributed by atoms with Crippen molar-refractivity contribution >= 4 is 15.9 Å². The molecule has 2 N–H and O–H groups in total. The van der Waals surface area contributed by atoms with Gasteiger partial charge < -0.3 is 19.5 Å². The third kappa shape index (κ3) is 5.48. The molecular formula is C22H28N2O6S. The van der Waals surface area contributed by atoms with Crippen molar-refractivity contribution in [1.29, 1.82) is 0 Å². The van der Waals surface area contributed by atoms with Crippen LogP contribution in [0.4, 0.5) is 0 Å². The Bertz CT molecular complexity index is 1030. The van der Waals surface area contributed by atoms with Gasteiger partial charge in [0.2, 0.25) is 15.9 Å². The van der Waals surface area contributed by atoms with Crippen LogP contribution in [-0.4, -0.2) is 47.2 Å². The molecule has 0 fully saturated rings. The van der Waals surface area contributed by atoms with Crippen molar-refractivity contribution < 1.29 is 27.4 Å². The van der Waals surface area contributed by atoms with Gasteiger partial charge in [0, 0.05) is 12.0 Å². The first-order valence-corrected chi connectivity index (χ1v) is 11.4. The van der Waals surface area contributed by atoms with Gasteiger partial charge in [-0.25, -0.2) is 8.42 Å². The molecule has 0 spiro atoms. The molecule has 2 aromatic carbocycles. The number of rotatable bonds is 8. The van der Waals surface area contributed by atoms with Gasteiger partial charge in [0.15, 0.2) is 11.5 Å². The molecule has 0 saturated carbocycles. The molecule has 1 aliphatic rings. The molecule has 0 aromatic heterocycles. The van der Waals surface area contributed by atoms with E-state index in [1.54, 1.807) is 12.1 Å². The number of sulfonamides is 1. The highest BCUT2D eigenvalue weighted by atomic mass is 32.2. The normalized spacial score (nSPS) is 14.6. The predicted octanol–water partition coefficient (Wildman–Crippen LogP) is 2.23. The fraction of sp³-hybridized carbons (Fsp3) is 0.409. The van der Waals surface area contributed by atoms with Crippen LogP contribution < -0.4 is 24.2 Å². The van der Waals surface area contributed by atoms with E-state index in [0.29, 0.717) is 37.0 Å². The summed E-state index contributed by atoms with van der Waals surface area (Å²) in [5.41, 5.74) is 0.573. The van der Waals surface area contributed by atoms with Crippen molar-refractivity contribution in [2.75, 3.05) is 26.9 Å². The number of amides is 1. The van der Waals surface area contributed by atoms with E-state index in [4.69, 9.17) is 14.2 Å². The highest BCUT2D eigenvalue weighted by Crippen LogP contribution is 2.34. The zero-order valence-electron chi connectivity index (χ0n) is 18.1. The largest absolute Gasteiger partial charge is 0.497 e. The van der Waals surface area contributed by atoms with Gasteiger partial charge in [-0.15, -0.1) is 0 Å². The number of ether oxygens (including phenoxy) is 3. The number of hydrogen-bond acceptors (Lipinski definition) is 6. The summed E-state index contributed by atoms with van der Waals surface area (Å²) in [6.45, 7) is 6.83. The van der Waals surface area contributed by atoms with Crippen molar-refractivity contribution in [3.8, 4) is 17.2 Å². The Morgan fingerprint density at radius 2 is 1.74 bits per heavy atom. The van der Waals surface area contributed by atoms with Crippen LogP contribution in [0, 0.1) is 0 Å². The summed E-state index contributed by atoms with van der Waals surface area (Å²) in [6.07, 6.45) is 0. The second kappa shape index (κ2) is 9.15. The molecule has 0 saturated heterocycles. The van der Waals surface area contributed by atoms with Crippen LogP contribution in [0.5, 0.6) is 17.2 Å².